The van der Waals surface area contributed by atoms with E-state index in [0.717, 1.165) is 29.0 Å². The van der Waals surface area contributed by atoms with Gasteiger partial charge in [-0.15, -0.1) is 0 Å². The fourth-order valence-electron chi connectivity index (χ4n) is 5.21. The van der Waals surface area contributed by atoms with Gasteiger partial charge < -0.3 is 33.0 Å². The second kappa shape index (κ2) is 11.5. The van der Waals surface area contributed by atoms with Crippen molar-refractivity contribution in [1.82, 2.24) is 14.8 Å². The lowest BCUT2D eigenvalue weighted by Crippen LogP contribution is -2.43. The number of likely N-dealkylation sites (tertiary alicyclic amines) is 1. The Labute approximate surface area is 231 Å². The van der Waals surface area contributed by atoms with E-state index in [9.17, 15) is 9.59 Å². The van der Waals surface area contributed by atoms with Crippen LogP contribution in [0.25, 0.3) is 0 Å². The number of fused-ring (bicyclic) bond motifs is 2. The summed E-state index contributed by atoms with van der Waals surface area (Å²) in [4.78, 5) is 33.8. The highest BCUT2D eigenvalue weighted by molar-refractivity contribution is 5.92. The lowest BCUT2D eigenvalue weighted by molar-refractivity contribution is -0.149. The topological polar surface area (TPSA) is 113 Å². The summed E-state index contributed by atoms with van der Waals surface area (Å²) in [6.45, 7) is 4.93. The van der Waals surface area contributed by atoms with E-state index in [0.29, 0.717) is 63.1 Å². The van der Waals surface area contributed by atoms with Crippen molar-refractivity contribution in [3.63, 3.8) is 0 Å². The van der Waals surface area contributed by atoms with E-state index in [4.69, 9.17) is 28.1 Å². The first kappa shape index (κ1) is 26.0. The molecular formula is C29H31N3O8. The first-order valence-electron chi connectivity index (χ1n) is 13.5. The quantitative estimate of drug-likeness (QED) is 0.366. The Balaban J connectivity index is 1.17. The molecule has 0 radical (unpaired) electrons. The van der Waals surface area contributed by atoms with E-state index < -0.39 is 0 Å². The lowest BCUT2D eigenvalue weighted by Gasteiger charge is -2.30. The van der Waals surface area contributed by atoms with Crippen LogP contribution < -0.4 is 18.9 Å². The van der Waals surface area contributed by atoms with Crippen molar-refractivity contribution >= 4 is 11.9 Å². The number of rotatable bonds is 9. The third kappa shape index (κ3) is 5.69. The molecule has 0 bridgehead atoms. The zero-order chi connectivity index (χ0) is 27.5. The predicted molar refractivity (Wildman–Crippen MR) is 140 cm³/mol. The third-order valence-electron chi connectivity index (χ3n) is 7.14. The molecule has 6 rings (SSSR count). The van der Waals surface area contributed by atoms with E-state index >= 15 is 0 Å². The highest BCUT2D eigenvalue weighted by Gasteiger charge is 2.31. The van der Waals surface area contributed by atoms with E-state index in [1.165, 1.54) is 6.26 Å². The summed E-state index contributed by atoms with van der Waals surface area (Å²) in [6.07, 6.45) is 2.84. The van der Waals surface area contributed by atoms with Crippen molar-refractivity contribution in [2.24, 2.45) is 5.92 Å². The molecule has 4 heterocycles. The van der Waals surface area contributed by atoms with Gasteiger partial charge in [-0.25, -0.2) is 4.98 Å². The normalized spacial score (nSPS) is 17.4. The summed E-state index contributed by atoms with van der Waals surface area (Å²) >= 11 is 0. The van der Waals surface area contributed by atoms with Crippen LogP contribution >= 0.6 is 0 Å². The first-order chi connectivity index (χ1) is 19.6. The van der Waals surface area contributed by atoms with E-state index in [2.05, 4.69) is 9.88 Å². The van der Waals surface area contributed by atoms with Gasteiger partial charge in [-0.2, -0.15) is 0 Å². The summed E-state index contributed by atoms with van der Waals surface area (Å²) in [7, 11) is 0. The van der Waals surface area contributed by atoms with Gasteiger partial charge in [0.15, 0.2) is 28.7 Å². The first-order valence-corrected chi connectivity index (χ1v) is 13.5. The van der Waals surface area contributed by atoms with Gasteiger partial charge >= 0.3 is 5.97 Å². The molecule has 1 fully saturated rings. The molecule has 3 aliphatic heterocycles. The Morgan fingerprint density at radius 1 is 0.950 bits per heavy atom. The summed E-state index contributed by atoms with van der Waals surface area (Å²) in [5, 5.41) is 0. The Morgan fingerprint density at radius 3 is 2.25 bits per heavy atom. The molecule has 11 nitrogen and oxygen atoms in total. The number of hydrogen-bond donors (Lipinski definition) is 0. The largest absolute Gasteiger partial charge is 0.466 e. The van der Waals surface area contributed by atoms with Crippen LogP contribution in [0.2, 0.25) is 0 Å². The van der Waals surface area contributed by atoms with Gasteiger partial charge in [0, 0.05) is 26.2 Å². The fraction of sp³-hybridized carbons (Fsp3) is 0.414. The molecule has 2 aromatic carbocycles. The molecule has 1 aromatic heterocycles. The molecule has 1 amide bonds. The molecule has 1 atom stereocenters. The average molecular weight is 550 g/mol. The maximum absolute atomic E-state index is 13.2. The summed E-state index contributed by atoms with van der Waals surface area (Å²) in [6, 6.07) is 11.7. The van der Waals surface area contributed by atoms with Crippen LogP contribution in [-0.4, -0.2) is 59.9 Å². The molecule has 11 heteroatoms. The van der Waals surface area contributed by atoms with Gasteiger partial charge in [-0.1, -0.05) is 12.1 Å². The monoisotopic (exact) mass is 549 g/mol. The molecule has 0 aliphatic carbocycles. The number of amides is 1. The third-order valence-corrected chi connectivity index (χ3v) is 7.14. The van der Waals surface area contributed by atoms with Crippen LogP contribution in [0.5, 0.6) is 23.0 Å². The SMILES string of the molecule is CCOC(=O)[C@@H]1CCCN(C(=O)c2coc(CN(Cc3ccc4c(c3)OCO4)Cc3ccc4c(c3)OCO4)n2)C1. The number of carbonyl (C=O) groups excluding carboxylic acids is 2. The van der Waals surface area contributed by atoms with Gasteiger partial charge in [0.25, 0.3) is 5.91 Å². The van der Waals surface area contributed by atoms with Gasteiger partial charge in [-0.3, -0.25) is 14.5 Å². The minimum atomic E-state index is -0.317. The van der Waals surface area contributed by atoms with Crippen molar-refractivity contribution in [1.29, 1.82) is 0 Å². The molecule has 40 heavy (non-hydrogen) atoms. The number of nitrogens with zero attached hydrogens (tertiary/aromatic N) is 3. The van der Waals surface area contributed by atoms with Crippen LogP contribution in [0.4, 0.5) is 0 Å². The molecular weight excluding hydrogens is 518 g/mol. The van der Waals surface area contributed by atoms with Crippen LogP contribution in [0, 0.1) is 5.92 Å². The molecule has 0 saturated carbocycles. The molecule has 3 aliphatic rings. The van der Waals surface area contributed by atoms with Crippen molar-refractivity contribution in [3.05, 3.63) is 65.4 Å². The van der Waals surface area contributed by atoms with Crippen LogP contribution in [-0.2, 0) is 29.2 Å². The number of benzene rings is 2. The van der Waals surface area contributed by atoms with Gasteiger partial charge in [0.05, 0.1) is 19.1 Å². The highest BCUT2D eigenvalue weighted by Crippen LogP contribution is 2.35. The highest BCUT2D eigenvalue weighted by atomic mass is 16.7. The number of esters is 1. The average Bonchev–Trinajstić information content (AvgIpc) is 3.73. The van der Waals surface area contributed by atoms with Gasteiger partial charge in [-0.05, 0) is 55.2 Å². The second-order valence-electron chi connectivity index (χ2n) is 9.99. The Bertz CT molecular complexity index is 1330. The summed E-state index contributed by atoms with van der Waals surface area (Å²) in [5.74, 6) is 2.48. The minimum absolute atomic E-state index is 0.213. The predicted octanol–water partition coefficient (Wildman–Crippen LogP) is 3.75. The maximum atomic E-state index is 13.2. The van der Waals surface area contributed by atoms with E-state index in [1.54, 1.807) is 11.8 Å². The summed E-state index contributed by atoms with van der Waals surface area (Å²) in [5.41, 5.74) is 2.29. The van der Waals surface area contributed by atoms with Crippen molar-refractivity contribution in [2.45, 2.75) is 39.4 Å². The number of piperidine rings is 1. The van der Waals surface area contributed by atoms with E-state index in [-0.39, 0.29) is 37.1 Å². The van der Waals surface area contributed by atoms with Gasteiger partial charge in [0.1, 0.15) is 6.26 Å². The number of carbonyl (C=O) groups is 2. The Kier molecular flexibility index (Phi) is 7.45. The fourth-order valence-corrected chi connectivity index (χ4v) is 5.21. The smallest absolute Gasteiger partial charge is 0.310 e. The molecule has 0 unspecified atom stereocenters. The van der Waals surface area contributed by atoms with Crippen LogP contribution in [0.15, 0.2) is 47.1 Å². The molecule has 0 N–H and O–H groups in total. The Hall–Kier alpha value is -4.25. The standard InChI is InChI=1S/C29H31N3O8/c1-2-35-29(34)21-4-3-9-32(14-21)28(33)22-16-36-27(30-22)15-31(12-19-5-7-23-25(10-19)39-17-37-23)13-20-6-8-24-26(11-20)40-18-38-24/h5-8,10-11,16,21H,2-4,9,12-15,17-18H2,1H3/t21-/m1/s1. The van der Waals surface area contributed by atoms with Crippen molar-refractivity contribution in [2.75, 3.05) is 33.3 Å². The molecule has 0 spiro atoms. The number of aromatic nitrogens is 1. The second-order valence-corrected chi connectivity index (χ2v) is 9.99. The molecule has 3 aromatic rings. The van der Waals surface area contributed by atoms with Crippen LogP contribution in [0.3, 0.4) is 0 Å². The summed E-state index contributed by atoms with van der Waals surface area (Å²) < 4.78 is 32.9. The number of hydrogen-bond acceptors (Lipinski definition) is 10. The van der Waals surface area contributed by atoms with Crippen molar-refractivity contribution < 1.29 is 37.7 Å². The molecule has 1 saturated heterocycles. The minimum Gasteiger partial charge on any atom is -0.466 e. The molecule has 210 valence electrons. The lowest BCUT2D eigenvalue weighted by atomic mass is 9.98. The van der Waals surface area contributed by atoms with E-state index in [1.807, 2.05) is 36.4 Å². The zero-order valence-corrected chi connectivity index (χ0v) is 22.3. The van der Waals surface area contributed by atoms with Crippen LogP contribution in [0.1, 0.15) is 47.3 Å². The zero-order valence-electron chi connectivity index (χ0n) is 22.3. The number of oxazole rings is 1. The number of ether oxygens (including phenoxy) is 5. The maximum Gasteiger partial charge on any atom is 0.310 e. The Morgan fingerprint density at radius 2 is 1.60 bits per heavy atom. The van der Waals surface area contributed by atoms with Gasteiger partial charge in [0.2, 0.25) is 19.5 Å². The van der Waals surface area contributed by atoms with Crippen molar-refractivity contribution in [3.8, 4) is 23.0 Å².